The maximum Gasteiger partial charge on any atom is 0.259 e. The summed E-state index contributed by atoms with van der Waals surface area (Å²) >= 11 is 0. The number of nitrogens with zero attached hydrogens (tertiary/aromatic N) is 2. The summed E-state index contributed by atoms with van der Waals surface area (Å²) in [7, 11) is 0. The van der Waals surface area contributed by atoms with Crippen LogP contribution in [0.2, 0.25) is 0 Å². The number of ether oxygens (including phenoxy) is 1. The summed E-state index contributed by atoms with van der Waals surface area (Å²) in [5.41, 5.74) is 5.55. The number of nitrogens with one attached hydrogen (secondary N) is 2. The van der Waals surface area contributed by atoms with E-state index in [1.54, 1.807) is 0 Å². The highest BCUT2D eigenvalue weighted by Crippen LogP contribution is 2.39. The lowest BCUT2D eigenvalue weighted by Crippen LogP contribution is -2.37. The van der Waals surface area contributed by atoms with E-state index in [4.69, 9.17) is 4.74 Å². The van der Waals surface area contributed by atoms with Gasteiger partial charge in [-0.1, -0.05) is 30.3 Å². The minimum atomic E-state index is -0.350. The zero-order valence-corrected chi connectivity index (χ0v) is 19.8. The van der Waals surface area contributed by atoms with Crippen LogP contribution in [0.1, 0.15) is 23.1 Å². The van der Waals surface area contributed by atoms with Gasteiger partial charge in [0.1, 0.15) is 0 Å². The van der Waals surface area contributed by atoms with E-state index in [9.17, 15) is 9.59 Å². The van der Waals surface area contributed by atoms with Crippen molar-refractivity contribution in [1.82, 2.24) is 19.8 Å². The van der Waals surface area contributed by atoms with Gasteiger partial charge in [-0.25, -0.2) is 0 Å². The van der Waals surface area contributed by atoms with Crippen molar-refractivity contribution in [3.05, 3.63) is 71.5 Å². The van der Waals surface area contributed by atoms with Crippen molar-refractivity contribution in [2.75, 3.05) is 32.8 Å². The van der Waals surface area contributed by atoms with E-state index in [1.807, 2.05) is 30.5 Å². The molecule has 2 N–H and O–H groups in total. The van der Waals surface area contributed by atoms with E-state index in [0.29, 0.717) is 11.1 Å². The maximum atomic E-state index is 13.2. The van der Waals surface area contributed by atoms with Gasteiger partial charge in [0.25, 0.3) is 11.8 Å². The summed E-state index contributed by atoms with van der Waals surface area (Å²) in [6.07, 6.45) is 4.88. The van der Waals surface area contributed by atoms with Crippen molar-refractivity contribution in [3.8, 4) is 0 Å². The van der Waals surface area contributed by atoms with Crippen LogP contribution in [0.25, 0.3) is 33.0 Å². The summed E-state index contributed by atoms with van der Waals surface area (Å²) in [6, 6.07) is 14.0. The van der Waals surface area contributed by atoms with Gasteiger partial charge in [-0.15, -0.1) is 0 Å². The summed E-state index contributed by atoms with van der Waals surface area (Å²) in [5.74, 6) is -0.692. The number of hydrogen-bond donors (Lipinski definition) is 2. The number of H-pyrrole nitrogens is 1. The SMILES string of the molecule is Cc1cccc2c1c(C1=C(c3c[nH]c4ccccc34)C(=O)NC1=O)cn2CCCN1CCOCC1. The number of para-hydroxylation sites is 1. The summed E-state index contributed by atoms with van der Waals surface area (Å²) in [4.78, 5) is 31.9. The molecule has 0 saturated carbocycles. The van der Waals surface area contributed by atoms with Crippen LogP contribution >= 0.6 is 0 Å². The monoisotopic (exact) mass is 468 g/mol. The molecular formula is C28H28N4O3. The van der Waals surface area contributed by atoms with E-state index >= 15 is 0 Å². The molecule has 1 fully saturated rings. The van der Waals surface area contributed by atoms with Crippen molar-refractivity contribution < 1.29 is 14.3 Å². The number of imide groups is 1. The Balaban J connectivity index is 1.45. The molecule has 0 unspecified atom stereocenters. The van der Waals surface area contributed by atoms with Crippen LogP contribution in [-0.4, -0.2) is 59.1 Å². The maximum absolute atomic E-state index is 13.2. The van der Waals surface area contributed by atoms with Crippen LogP contribution in [0.5, 0.6) is 0 Å². The van der Waals surface area contributed by atoms with Crippen LogP contribution < -0.4 is 5.32 Å². The van der Waals surface area contributed by atoms with Crippen LogP contribution in [0, 0.1) is 6.92 Å². The molecule has 2 aromatic heterocycles. The third kappa shape index (κ3) is 3.77. The number of amides is 2. The third-order valence-corrected chi connectivity index (χ3v) is 7.15. The number of hydrogen-bond acceptors (Lipinski definition) is 4. The van der Waals surface area contributed by atoms with Crippen molar-refractivity contribution in [1.29, 1.82) is 0 Å². The van der Waals surface area contributed by atoms with Gasteiger partial charge < -0.3 is 14.3 Å². The van der Waals surface area contributed by atoms with Gasteiger partial charge in [-0.05, 0) is 31.0 Å². The fourth-order valence-corrected chi connectivity index (χ4v) is 5.44. The van der Waals surface area contributed by atoms with Crippen LogP contribution in [-0.2, 0) is 20.9 Å². The van der Waals surface area contributed by atoms with Crippen LogP contribution in [0.3, 0.4) is 0 Å². The van der Waals surface area contributed by atoms with Crippen molar-refractivity contribution in [2.45, 2.75) is 19.9 Å². The van der Waals surface area contributed by atoms with Crippen LogP contribution in [0.15, 0.2) is 54.9 Å². The summed E-state index contributed by atoms with van der Waals surface area (Å²) in [5, 5.41) is 4.51. The standard InChI is InChI=1S/C28H28N4O3/c1-18-6-4-9-23-24(18)21(17-32(23)11-5-10-31-12-14-35-15-13-31)26-25(27(33)30-28(26)34)20-16-29-22-8-3-2-7-19(20)22/h2-4,6-9,16-17,29H,5,10-15H2,1H3,(H,30,33,34). The van der Waals surface area contributed by atoms with Crippen molar-refractivity contribution >= 4 is 44.8 Å². The number of fused-ring (bicyclic) bond motifs is 2. The predicted octanol–water partition coefficient (Wildman–Crippen LogP) is 3.72. The third-order valence-electron chi connectivity index (χ3n) is 7.15. The number of aromatic nitrogens is 2. The fraction of sp³-hybridized carbons (Fsp3) is 0.286. The second kappa shape index (κ2) is 8.83. The molecule has 7 nitrogen and oxygen atoms in total. The quantitative estimate of drug-likeness (QED) is 0.423. The minimum absolute atomic E-state index is 0.342. The molecule has 7 heteroatoms. The molecule has 4 aromatic rings. The predicted molar refractivity (Wildman–Crippen MR) is 137 cm³/mol. The van der Waals surface area contributed by atoms with Gasteiger partial charge in [0.05, 0.1) is 24.4 Å². The zero-order valence-electron chi connectivity index (χ0n) is 19.8. The second-order valence-corrected chi connectivity index (χ2v) is 9.29. The Bertz CT molecular complexity index is 1490. The van der Waals surface area contributed by atoms with Gasteiger partial charge in [0.15, 0.2) is 0 Å². The van der Waals surface area contributed by atoms with Gasteiger partial charge in [-0.2, -0.15) is 0 Å². The van der Waals surface area contributed by atoms with E-state index in [0.717, 1.165) is 84.3 Å². The molecule has 6 rings (SSSR count). The Kier molecular flexibility index (Phi) is 5.51. The molecule has 178 valence electrons. The van der Waals surface area contributed by atoms with Crippen LogP contribution in [0.4, 0.5) is 0 Å². The molecule has 2 aliphatic rings. The van der Waals surface area contributed by atoms with E-state index in [1.165, 1.54) is 0 Å². The number of benzene rings is 2. The Morgan fingerprint density at radius 3 is 2.51 bits per heavy atom. The first-order valence-electron chi connectivity index (χ1n) is 12.2. The molecule has 2 amide bonds. The molecule has 0 bridgehead atoms. The van der Waals surface area contributed by atoms with Gasteiger partial charge in [0, 0.05) is 71.5 Å². The topological polar surface area (TPSA) is 79.4 Å². The molecule has 2 aliphatic heterocycles. The fourth-order valence-electron chi connectivity index (χ4n) is 5.44. The Morgan fingerprint density at radius 2 is 1.69 bits per heavy atom. The van der Waals surface area contributed by atoms with E-state index in [2.05, 4.69) is 51.1 Å². The largest absolute Gasteiger partial charge is 0.379 e. The molecule has 0 radical (unpaired) electrons. The van der Waals surface area contributed by atoms with Gasteiger partial charge >= 0.3 is 0 Å². The molecule has 2 aromatic carbocycles. The Hall–Kier alpha value is -3.68. The Morgan fingerprint density at radius 1 is 0.914 bits per heavy atom. The average molecular weight is 469 g/mol. The Labute approximate surface area is 203 Å². The van der Waals surface area contributed by atoms with Crippen molar-refractivity contribution in [3.63, 3.8) is 0 Å². The van der Waals surface area contributed by atoms with Gasteiger partial charge in [-0.3, -0.25) is 19.8 Å². The van der Waals surface area contributed by atoms with Crippen molar-refractivity contribution in [2.24, 2.45) is 0 Å². The molecular weight excluding hydrogens is 440 g/mol. The number of morpholine rings is 1. The summed E-state index contributed by atoms with van der Waals surface area (Å²) < 4.78 is 7.69. The lowest BCUT2D eigenvalue weighted by Gasteiger charge is -2.26. The van der Waals surface area contributed by atoms with E-state index < -0.39 is 0 Å². The number of rotatable bonds is 6. The lowest BCUT2D eigenvalue weighted by atomic mass is 9.94. The lowest BCUT2D eigenvalue weighted by molar-refractivity contribution is -0.122. The first kappa shape index (κ1) is 21.8. The van der Waals surface area contributed by atoms with E-state index in [-0.39, 0.29) is 11.8 Å². The molecule has 4 heterocycles. The minimum Gasteiger partial charge on any atom is -0.379 e. The number of aryl methyl sites for hydroxylation is 2. The smallest absolute Gasteiger partial charge is 0.259 e. The average Bonchev–Trinajstić information content (AvgIpc) is 3.53. The highest BCUT2D eigenvalue weighted by molar-refractivity contribution is 6.50. The highest BCUT2D eigenvalue weighted by atomic mass is 16.5. The molecule has 0 atom stereocenters. The number of carbonyl (C=O) groups is 2. The highest BCUT2D eigenvalue weighted by Gasteiger charge is 2.35. The second-order valence-electron chi connectivity index (χ2n) is 9.29. The zero-order chi connectivity index (χ0) is 23.9. The normalized spacial score (nSPS) is 17.2. The summed E-state index contributed by atoms with van der Waals surface area (Å²) in [6.45, 7) is 7.44. The molecule has 1 saturated heterocycles. The number of aromatic amines is 1. The number of carbonyl (C=O) groups excluding carboxylic acids is 2. The van der Waals surface area contributed by atoms with Gasteiger partial charge in [0.2, 0.25) is 0 Å². The first-order chi connectivity index (χ1) is 17.1. The molecule has 0 aliphatic carbocycles. The molecule has 0 spiro atoms. The molecule has 35 heavy (non-hydrogen) atoms. The first-order valence-corrected chi connectivity index (χ1v) is 12.2.